The van der Waals surface area contributed by atoms with Gasteiger partial charge in [-0.1, -0.05) is 53.9 Å². The number of carbonyl (C=O) groups is 1. The van der Waals surface area contributed by atoms with Gasteiger partial charge < -0.3 is 9.84 Å². The molecule has 0 saturated heterocycles. The van der Waals surface area contributed by atoms with Crippen LogP contribution in [0.15, 0.2) is 0 Å². The van der Waals surface area contributed by atoms with Crippen molar-refractivity contribution in [3.05, 3.63) is 0 Å². The third kappa shape index (κ3) is 4.23. The maximum absolute atomic E-state index is 11.6. The minimum Gasteiger partial charge on any atom is -0.463 e. The molecule has 4 saturated carbocycles. The van der Waals surface area contributed by atoms with E-state index in [1.807, 2.05) is 0 Å². The van der Waals surface area contributed by atoms with Crippen molar-refractivity contribution in [3.8, 4) is 0 Å². The fourth-order valence-electron chi connectivity index (χ4n) is 9.69. The predicted octanol–water partition coefficient (Wildman–Crippen LogP) is 6.72. The van der Waals surface area contributed by atoms with Crippen LogP contribution in [0.2, 0.25) is 5.31 Å². The van der Waals surface area contributed by atoms with Crippen LogP contribution < -0.4 is 0 Å². The fraction of sp³-hybridized carbons (Fsp3) is 0.966. The van der Waals surface area contributed by atoms with Crippen molar-refractivity contribution < 1.29 is 14.6 Å². The Morgan fingerprint density at radius 3 is 2.45 bits per heavy atom. The molecule has 0 aromatic rings. The molecule has 4 rings (SSSR count). The molecule has 33 heavy (non-hydrogen) atoms. The molecular formula is C29H49BO3. The molecule has 0 aromatic heterocycles. The summed E-state index contributed by atoms with van der Waals surface area (Å²) in [5, 5.41) is 10.9. The first-order valence-electron chi connectivity index (χ1n) is 14.1. The predicted molar refractivity (Wildman–Crippen MR) is 135 cm³/mol. The molecule has 0 aromatic carbocycles. The lowest BCUT2D eigenvalue weighted by Crippen LogP contribution is -2.61. The summed E-state index contributed by atoms with van der Waals surface area (Å²) in [6.07, 6.45) is 11.9. The smallest absolute Gasteiger partial charge is 0.302 e. The first-order chi connectivity index (χ1) is 15.4. The average molecular weight is 457 g/mol. The maximum atomic E-state index is 11.6. The van der Waals surface area contributed by atoms with Crippen LogP contribution >= 0.6 is 0 Å². The zero-order chi connectivity index (χ0) is 24.2. The quantitative estimate of drug-likeness (QED) is 0.356. The number of fused-ring (bicyclic) bond motifs is 5. The lowest BCUT2D eigenvalue weighted by molar-refractivity contribution is -0.175. The monoisotopic (exact) mass is 456 g/mol. The number of carbonyl (C=O) groups excluding carboxylic acids is 1. The highest BCUT2D eigenvalue weighted by atomic mass is 16.5. The Bertz CT molecular complexity index is 724. The summed E-state index contributed by atoms with van der Waals surface area (Å²) in [5.74, 6) is 4.07. The van der Waals surface area contributed by atoms with Gasteiger partial charge in [0.2, 0.25) is 0 Å². The van der Waals surface area contributed by atoms with Gasteiger partial charge in [0.25, 0.3) is 0 Å². The molecule has 0 unspecified atom stereocenters. The van der Waals surface area contributed by atoms with Crippen LogP contribution in [0.5, 0.6) is 0 Å². The van der Waals surface area contributed by atoms with Gasteiger partial charge >= 0.3 is 5.97 Å². The van der Waals surface area contributed by atoms with Gasteiger partial charge in [-0.05, 0) is 103 Å². The highest BCUT2D eigenvalue weighted by molar-refractivity contribution is 6.16. The summed E-state index contributed by atoms with van der Waals surface area (Å²) in [6.45, 7) is 13.6. The molecule has 2 radical (unpaired) electrons. The topological polar surface area (TPSA) is 46.5 Å². The summed E-state index contributed by atoms with van der Waals surface area (Å²) in [6, 6.07) is 0. The van der Waals surface area contributed by atoms with Crippen molar-refractivity contribution in [2.45, 2.75) is 130 Å². The number of hydrogen-bond acceptors (Lipinski definition) is 3. The molecule has 0 amide bonds. The van der Waals surface area contributed by atoms with Gasteiger partial charge in [0.1, 0.15) is 6.10 Å². The number of hydrogen-bond donors (Lipinski definition) is 1. The minimum absolute atomic E-state index is 0.0751. The summed E-state index contributed by atoms with van der Waals surface area (Å²) in [7, 11) is 7.10. The molecule has 1 N–H and O–H groups in total. The van der Waals surface area contributed by atoms with Crippen LogP contribution in [-0.4, -0.2) is 31.1 Å². The van der Waals surface area contributed by atoms with Crippen molar-refractivity contribution >= 4 is 13.8 Å². The summed E-state index contributed by atoms with van der Waals surface area (Å²) in [5.41, 5.74) is 0.340. The lowest BCUT2D eigenvalue weighted by atomic mass is 9.34. The van der Waals surface area contributed by atoms with Crippen LogP contribution in [-0.2, 0) is 9.53 Å². The fourth-order valence-corrected chi connectivity index (χ4v) is 9.69. The van der Waals surface area contributed by atoms with Gasteiger partial charge in [-0.2, -0.15) is 0 Å². The molecule has 0 spiro atoms. The van der Waals surface area contributed by atoms with E-state index in [1.54, 1.807) is 0 Å². The highest BCUT2D eigenvalue weighted by Crippen LogP contribution is 2.73. The molecule has 4 aliphatic carbocycles. The first kappa shape index (κ1) is 25.6. The largest absolute Gasteiger partial charge is 0.463 e. The van der Waals surface area contributed by atoms with Crippen molar-refractivity contribution in [2.75, 3.05) is 0 Å². The molecule has 10 atom stereocenters. The Labute approximate surface area is 204 Å². The van der Waals surface area contributed by atoms with E-state index in [1.165, 1.54) is 51.9 Å². The second kappa shape index (κ2) is 9.18. The third-order valence-electron chi connectivity index (χ3n) is 11.5. The van der Waals surface area contributed by atoms with E-state index in [-0.39, 0.29) is 17.5 Å². The van der Waals surface area contributed by atoms with E-state index < -0.39 is 11.4 Å². The number of rotatable bonds is 6. The van der Waals surface area contributed by atoms with E-state index in [9.17, 15) is 9.90 Å². The third-order valence-corrected chi connectivity index (χ3v) is 11.5. The number of esters is 1. The van der Waals surface area contributed by atoms with Gasteiger partial charge in [0, 0.05) is 6.92 Å². The van der Waals surface area contributed by atoms with E-state index in [2.05, 4.69) is 34.6 Å². The standard InChI is InChI=1S/C29H49BO3/c1-18(2)8-7-9-19(3)23-10-11-24-22-16-26(32)29(30)17-21(33-20(4)31)12-15-28(29,6)25(22)13-14-27(23,24)5/h18-19,21-26,32H,7-17H2,1-6H3/t19-,21+,22+,23-,24+,25+,26-,27-,28-,29+/m1/s1. The summed E-state index contributed by atoms with van der Waals surface area (Å²) >= 11 is 0. The zero-order valence-electron chi connectivity index (χ0n) is 22.2. The Hall–Kier alpha value is -0.505. The average Bonchev–Trinajstić information content (AvgIpc) is 3.07. The molecule has 4 fully saturated rings. The van der Waals surface area contributed by atoms with Gasteiger partial charge in [-0.25, -0.2) is 0 Å². The van der Waals surface area contributed by atoms with E-state index in [4.69, 9.17) is 12.6 Å². The molecule has 4 aliphatic rings. The van der Waals surface area contributed by atoms with Crippen LogP contribution in [0, 0.1) is 46.3 Å². The molecule has 4 heteroatoms. The molecule has 0 heterocycles. The van der Waals surface area contributed by atoms with Crippen LogP contribution in [0.4, 0.5) is 0 Å². The maximum Gasteiger partial charge on any atom is 0.302 e. The number of ether oxygens (including phenoxy) is 1. The normalized spacial score (nSPS) is 48.0. The molecule has 3 nitrogen and oxygen atoms in total. The minimum atomic E-state index is -0.650. The Balaban J connectivity index is 1.51. The number of aliphatic hydroxyl groups is 1. The van der Waals surface area contributed by atoms with E-state index in [0.717, 1.165) is 42.9 Å². The van der Waals surface area contributed by atoms with Gasteiger partial charge in [0.15, 0.2) is 0 Å². The second-order valence-corrected chi connectivity index (χ2v) is 13.6. The van der Waals surface area contributed by atoms with Crippen LogP contribution in [0.25, 0.3) is 0 Å². The molecule has 186 valence electrons. The Morgan fingerprint density at radius 1 is 1.06 bits per heavy atom. The summed E-state index contributed by atoms with van der Waals surface area (Å²) < 4.78 is 5.58. The lowest BCUT2D eigenvalue weighted by Gasteiger charge is -2.67. The highest BCUT2D eigenvalue weighted by Gasteiger charge is 2.66. The Morgan fingerprint density at radius 2 is 1.79 bits per heavy atom. The zero-order valence-corrected chi connectivity index (χ0v) is 22.2. The molecule has 0 aliphatic heterocycles. The van der Waals surface area contributed by atoms with Crippen LogP contribution in [0.3, 0.4) is 0 Å². The van der Waals surface area contributed by atoms with Gasteiger partial charge in [0.05, 0.1) is 14.0 Å². The molecular weight excluding hydrogens is 407 g/mol. The Kier molecular flexibility index (Phi) is 7.11. The van der Waals surface area contributed by atoms with Crippen molar-refractivity contribution in [2.24, 2.45) is 46.3 Å². The van der Waals surface area contributed by atoms with E-state index in [0.29, 0.717) is 23.7 Å². The van der Waals surface area contributed by atoms with Crippen molar-refractivity contribution in [1.82, 2.24) is 0 Å². The van der Waals surface area contributed by atoms with Gasteiger partial charge in [-0.15, -0.1) is 0 Å². The molecule has 0 bridgehead atoms. The van der Waals surface area contributed by atoms with Crippen molar-refractivity contribution in [1.29, 1.82) is 0 Å². The second-order valence-electron chi connectivity index (χ2n) is 13.6. The van der Waals surface area contributed by atoms with Gasteiger partial charge in [-0.3, -0.25) is 4.79 Å². The van der Waals surface area contributed by atoms with Crippen LogP contribution in [0.1, 0.15) is 112 Å². The van der Waals surface area contributed by atoms with Crippen molar-refractivity contribution in [3.63, 3.8) is 0 Å². The first-order valence-corrected chi connectivity index (χ1v) is 14.1. The SMILES string of the molecule is [B][C@]12C[C@@H](OC(C)=O)CC[C@]1(C)[C@H]1CC[C@]3(C)[C@@H]([C@H](C)CCCC(C)C)CC[C@H]3[C@@H]1C[C@H]2O. The summed E-state index contributed by atoms with van der Waals surface area (Å²) in [4.78, 5) is 11.6. The number of aliphatic hydroxyl groups excluding tert-OH is 1. The van der Waals surface area contributed by atoms with E-state index >= 15 is 0 Å².